The summed E-state index contributed by atoms with van der Waals surface area (Å²) in [7, 11) is 1.31. The fourth-order valence-corrected chi connectivity index (χ4v) is 3.00. The van der Waals surface area contributed by atoms with E-state index >= 15 is 0 Å². The van der Waals surface area contributed by atoms with Gasteiger partial charge in [-0.25, -0.2) is 4.79 Å². The molecule has 0 fully saturated rings. The van der Waals surface area contributed by atoms with Crippen LogP contribution in [0.25, 0.3) is 0 Å². The summed E-state index contributed by atoms with van der Waals surface area (Å²) >= 11 is 2.79. The SMILES string of the molecule is C=CCSc1nnc(NC(=O)c2ccc(C(=O)OC)cc2)s1. The van der Waals surface area contributed by atoms with Crippen LogP contribution in [0.3, 0.4) is 0 Å². The van der Waals surface area contributed by atoms with Crippen LogP contribution < -0.4 is 5.32 Å². The Balaban J connectivity index is 2.01. The zero-order valence-electron chi connectivity index (χ0n) is 11.7. The lowest BCUT2D eigenvalue weighted by atomic mass is 10.1. The molecule has 0 saturated carbocycles. The highest BCUT2D eigenvalue weighted by Gasteiger charge is 2.12. The van der Waals surface area contributed by atoms with Crippen LogP contribution in [0, 0.1) is 0 Å². The van der Waals surface area contributed by atoms with E-state index in [1.165, 1.54) is 42.3 Å². The average Bonchev–Trinajstić information content (AvgIpc) is 2.99. The van der Waals surface area contributed by atoms with Crippen molar-refractivity contribution in [2.24, 2.45) is 0 Å². The summed E-state index contributed by atoms with van der Waals surface area (Å²) in [5.41, 5.74) is 0.807. The standard InChI is InChI=1S/C14H13N3O3S2/c1-3-8-21-14-17-16-13(22-14)15-11(18)9-4-6-10(7-5-9)12(19)20-2/h3-7H,1,8H2,2H3,(H,15,16,18). The van der Waals surface area contributed by atoms with E-state index in [4.69, 9.17) is 0 Å². The number of hydrogen-bond donors (Lipinski definition) is 1. The van der Waals surface area contributed by atoms with Crippen LogP contribution in [0.4, 0.5) is 5.13 Å². The molecule has 114 valence electrons. The third-order valence-electron chi connectivity index (χ3n) is 2.52. The van der Waals surface area contributed by atoms with E-state index < -0.39 is 5.97 Å². The van der Waals surface area contributed by atoms with Gasteiger partial charge in [-0.15, -0.1) is 16.8 Å². The van der Waals surface area contributed by atoms with Crippen LogP contribution in [0.15, 0.2) is 41.3 Å². The minimum atomic E-state index is -0.444. The molecule has 1 N–H and O–H groups in total. The summed E-state index contributed by atoms with van der Waals surface area (Å²) in [4.78, 5) is 23.4. The first-order valence-electron chi connectivity index (χ1n) is 6.21. The first kappa shape index (κ1) is 16.2. The minimum Gasteiger partial charge on any atom is -0.465 e. The number of benzene rings is 1. The van der Waals surface area contributed by atoms with Crippen molar-refractivity contribution in [3.8, 4) is 0 Å². The zero-order chi connectivity index (χ0) is 15.9. The molecule has 6 nitrogen and oxygen atoms in total. The van der Waals surface area contributed by atoms with Gasteiger partial charge in [0.15, 0.2) is 4.34 Å². The number of aromatic nitrogens is 2. The molecular weight excluding hydrogens is 322 g/mol. The van der Waals surface area contributed by atoms with Gasteiger partial charge >= 0.3 is 5.97 Å². The Morgan fingerprint density at radius 3 is 2.64 bits per heavy atom. The van der Waals surface area contributed by atoms with Gasteiger partial charge in [0, 0.05) is 11.3 Å². The van der Waals surface area contributed by atoms with Gasteiger partial charge < -0.3 is 4.74 Å². The highest BCUT2D eigenvalue weighted by Crippen LogP contribution is 2.25. The summed E-state index contributed by atoms with van der Waals surface area (Å²) < 4.78 is 5.36. The Hall–Kier alpha value is -2.19. The number of methoxy groups -OCH3 is 1. The van der Waals surface area contributed by atoms with Crippen molar-refractivity contribution in [2.75, 3.05) is 18.2 Å². The largest absolute Gasteiger partial charge is 0.465 e. The summed E-state index contributed by atoms with van der Waals surface area (Å²) in [5.74, 6) is -0.0230. The van der Waals surface area contributed by atoms with Crippen molar-refractivity contribution in [2.45, 2.75) is 4.34 Å². The van der Waals surface area contributed by atoms with Crippen molar-refractivity contribution < 1.29 is 14.3 Å². The molecule has 1 aromatic carbocycles. The number of thioether (sulfide) groups is 1. The van der Waals surface area contributed by atoms with Gasteiger partial charge in [-0.2, -0.15) is 0 Å². The predicted octanol–water partition coefficient (Wildman–Crippen LogP) is 2.86. The van der Waals surface area contributed by atoms with Crippen molar-refractivity contribution >= 4 is 40.1 Å². The van der Waals surface area contributed by atoms with Crippen LogP contribution in [-0.2, 0) is 4.74 Å². The van der Waals surface area contributed by atoms with Crippen molar-refractivity contribution in [1.29, 1.82) is 0 Å². The third-order valence-corrected chi connectivity index (χ3v) is 4.49. The summed E-state index contributed by atoms with van der Waals surface area (Å²) in [5, 5.41) is 11.0. The lowest BCUT2D eigenvalue weighted by Crippen LogP contribution is -2.12. The molecule has 0 aliphatic rings. The van der Waals surface area contributed by atoms with Crippen LogP contribution >= 0.6 is 23.1 Å². The molecule has 0 aliphatic heterocycles. The second-order valence-corrected chi connectivity index (χ2v) is 6.24. The Bertz CT molecular complexity index is 683. The highest BCUT2D eigenvalue weighted by atomic mass is 32.2. The maximum Gasteiger partial charge on any atom is 0.337 e. The molecule has 0 spiro atoms. The van der Waals surface area contributed by atoms with Crippen LogP contribution in [0.2, 0.25) is 0 Å². The summed E-state index contributed by atoms with van der Waals surface area (Å²) in [6, 6.07) is 6.17. The molecule has 0 radical (unpaired) electrons. The summed E-state index contributed by atoms with van der Waals surface area (Å²) in [6.07, 6.45) is 1.77. The molecule has 0 unspecified atom stereocenters. The average molecular weight is 335 g/mol. The van der Waals surface area contributed by atoms with Crippen LogP contribution in [0.1, 0.15) is 20.7 Å². The Morgan fingerprint density at radius 2 is 2.00 bits per heavy atom. The van der Waals surface area contributed by atoms with Gasteiger partial charge in [-0.1, -0.05) is 29.2 Å². The number of hydrogen-bond acceptors (Lipinski definition) is 7. The molecule has 0 saturated heterocycles. The van der Waals surface area contributed by atoms with Gasteiger partial charge in [0.05, 0.1) is 12.7 Å². The summed E-state index contributed by atoms with van der Waals surface area (Å²) in [6.45, 7) is 3.63. The fraction of sp³-hybridized carbons (Fsp3) is 0.143. The number of ether oxygens (including phenoxy) is 1. The number of esters is 1. The second-order valence-electron chi connectivity index (χ2n) is 4.00. The fourth-order valence-electron chi connectivity index (χ4n) is 1.49. The van der Waals surface area contributed by atoms with Crippen LogP contribution in [0.5, 0.6) is 0 Å². The third kappa shape index (κ3) is 4.15. The molecule has 1 heterocycles. The minimum absolute atomic E-state index is 0.312. The van der Waals surface area contributed by atoms with Gasteiger partial charge in [0.25, 0.3) is 5.91 Å². The van der Waals surface area contributed by atoms with Crippen LogP contribution in [-0.4, -0.2) is 34.9 Å². The number of carbonyl (C=O) groups is 2. The predicted molar refractivity (Wildman–Crippen MR) is 86.6 cm³/mol. The zero-order valence-corrected chi connectivity index (χ0v) is 13.4. The van der Waals surface area contributed by atoms with Gasteiger partial charge in [-0.3, -0.25) is 10.1 Å². The van der Waals surface area contributed by atoms with E-state index in [9.17, 15) is 9.59 Å². The monoisotopic (exact) mass is 335 g/mol. The van der Waals surface area contributed by atoms with E-state index in [2.05, 4.69) is 26.8 Å². The molecule has 0 atom stereocenters. The molecular formula is C14H13N3O3S2. The first-order valence-corrected chi connectivity index (χ1v) is 8.01. The smallest absolute Gasteiger partial charge is 0.337 e. The van der Waals surface area contributed by atoms with Gasteiger partial charge in [0.2, 0.25) is 5.13 Å². The van der Waals surface area contributed by atoms with E-state index in [0.29, 0.717) is 16.3 Å². The second kappa shape index (κ2) is 7.71. The number of nitrogens with one attached hydrogen (secondary N) is 1. The molecule has 2 aromatic rings. The first-order chi connectivity index (χ1) is 10.6. The Kier molecular flexibility index (Phi) is 5.68. The Labute approximate surface area is 135 Å². The van der Waals surface area contributed by atoms with Crippen molar-refractivity contribution in [1.82, 2.24) is 10.2 Å². The quantitative estimate of drug-likeness (QED) is 0.378. The maximum atomic E-state index is 12.1. The molecule has 1 aromatic heterocycles. The number of nitrogens with zero attached hydrogens (tertiary/aromatic N) is 2. The molecule has 22 heavy (non-hydrogen) atoms. The van der Waals surface area contributed by atoms with Crippen molar-refractivity contribution in [3.63, 3.8) is 0 Å². The molecule has 8 heteroatoms. The van der Waals surface area contributed by atoms with E-state index in [0.717, 1.165) is 10.1 Å². The number of carbonyl (C=O) groups excluding carboxylic acids is 2. The lowest BCUT2D eigenvalue weighted by molar-refractivity contribution is 0.0600. The van der Waals surface area contributed by atoms with Gasteiger partial charge in [-0.05, 0) is 24.3 Å². The maximum absolute atomic E-state index is 12.1. The topological polar surface area (TPSA) is 81.2 Å². The number of anilines is 1. The highest BCUT2D eigenvalue weighted by molar-refractivity contribution is 8.01. The lowest BCUT2D eigenvalue weighted by Gasteiger charge is -2.02. The normalized spacial score (nSPS) is 10.0. The molecule has 0 aliphatic carbocycles. The Morgan fingerprint density at radius 1 is 1.32 bits per heavy atom. The van der Waals surface area contributed by atoms with E-state index in [1.807, 2.05) is 0 Å². The molecule has 1 amide bonds. The molecule has 2 rings (SSSR count). The van der Waals surface area contributed by atoms with E-state index in [-0.39, 0.29) is 5.91 Å². The van der Waals surface area contributed by atoms with Crippen molar-refractivity contribution in [3.05, 3.63) is 48.0 Å². The number of amides is 1. The van der Waals surface area contributed by atoms with Gasteiger partial charge in [0.1, 0.15) is 0 Å². The number of rotatable bonds is 6. The molecule has 0 bridgehead atoms. The van der Waals surface area contributed by atoms with E-state index in [1.54, 1.807) is 18.2 Å².